The van der Waals surface area contributed by atoms with Gasteiger partial charge in [-0.2, -0.15) is 5.26 Å². The Balaban J connectivity index is 1.77. The molecule has 3 aromatic rings. The summed E-state index contributed by atoms with van der Waals surface area (Å²) in [6.07, 6.45) is 1.80. The highest BCUT2D eigenvalue weighted by Gasteiger charge is 2.34. The summed E-state index contributed by atoms with van der Waals surface area (Å²) >= 11 is 1.33. The highest BCUT2D eigenvalue weighted by molar-refractivity contribution is 8.19. The number of amides is 1. The van der Waals surface area contributed by atoms with Crippen LogP contribution < -0.4 is 4.90 Å². The molecule has 28 heavy (non-hydrogen) atoms. The summed E-state index contributed by atoms with van der Waals surface area (Å²) in [7, 11) is 0. The molecule has 1 heterocycles. The van der Waals surface area contributed by atoms with Gasteiger partial charge in [0, 0.05) is 0 Å². The fourth-order valence-corrected chi connectivity index (χ4v) is 3.82. The Kier molecular flexibility index (Phi) is 5.05. The molecule has 0 radical (unpaired) electrons. The van der Waals surface area contributed by atoms with E-state index in [0.717, 1.165) is 16.9 Å². The van der Waals surface area contributed by atoms with Gasteiger partial charge in [-0.15, -0.1) is 0 Å². The van der Waals surface area contributed by atoms with Gasteiger partial charge in [0.25, 0.3) is 5.91 Å². The van der Waals surface area contributed by atoms with Gasteiger partial charge in [0.2, 0.25) is 0 Å². The molecule has 1 aliphatic heterocycles. The van der Waals surface area contributed by atoms with Crippen LogP contribution in [0.3, 0.4) is 0 Å². The van der Waals surface area contributed by atoms with Crippen molar-refractivity contribution in [2.24, 2.45) is 4.99 Å². The second-order valence-corrected chi connectivity index (χ2v) is 7.06. The quantitative estimate of drug-likeness (QED) is 0.573. The summed E-state index contributed by atoms with van der Waals surface area (Å²) in [6, 6.07) is 28.4. The maximum Gasteiger partial charge on any atom is 0.271 e. The van der Waals surface area contributed by atoms with E-state index in [1.165, 1.54) is 11.8 Å². The minimum atomic E-state index is -0.131. The molecule has 0 aromatic heterocycles. The molecule has 0 spiro atoms. The van der Waals surface area contributed by atoms with Gasteiger partial charge in [-0.1, -0.05) is 48.5 Å². The lowest BCUT2D eigenvalue weighted by molar-refractivity contribution is -0.113. The molecule has 0 atom stereocenters. The Bertz CT molecular complexity index is 1120. The first kappa shape index (κ1) is 17.8. The van der Waals surface area contributed by atoms with Crippen molar-refractivity contribution >= 4 is 40.3 Å². The molecule has 1 saturated heterocycles. The second-order valence-electron chi connectivity index (χ2n) is 6.05. The number of carbonyl (C=O) groups is 1. The van der Waals surface area contributed by atoms with Crippen molar-refractivity contribution in [2.45, 2.75) is 0 Å². The molecule has 1 aliphatic rings. The predicted molar refractivity (Wildman–Crippen MR) is 114 cm³/mol. The number of thioether (sulfide) groups is 1. The first-order valence-corrected chi connectivity index (χ1v) is 9.49. The van der Waals surface area contributed by atoms with Crippen LogP contribution >= 0.6 is 11.8 Å². The van der Waals surface area contributed by atoms with E-state index < -0.39 is 0 Å². The maximum absolute atomic E-state index is 13.2. The van der Waals surface area contributed by atoms with Crippen molar-refractivity contribution in [3.8, 4) is 6.07 Å². The number of carbonyl (C=O) groups excluding carboxylic acids is 1. The number of benzene rings is 3. The molecule has 134 valence electrons. The van der Waals surface area contributed by atoms with E-state index in [9.17, 15) is 4.79 Å². The number of hydrogen-bond donors (Lipinski definition) is 0. The fourth-order valence-electron chi connectivity index (χ4n) is 2.82. The fraction of sp³-hybridized carbons (Fsp3) is 0. The summed E-state index contributed by atoms with van der Waals surface area (Å²) in [5.41, 5.74) is 2.92. The number of hydrogen-bond acceptors (Lipinski definition) is 4. The zero-order valence-corrected chi connectivity index (χ0v) is 15.6. The third-order valence-corrected chi connectivity index (χ3v) is 5.08. The van der Waals surface area contributed by atoms with Crippen LogP contribution in [-0.2, 0) is 4.79 Å². The minimum absolute atomic E-state index is 0.131. The number of rotatable bonds is 3. The summed E-state index contributed by atoms with van der Waals surface area (Å²) < 4.78 is 0. The van der Waals surface area contributed by atoms with Gasteiger partial charge < -0.3 is 0 Å². The zero-order chi connectivity index (χ0) is 19.3. The molecule has 0 aliphatic carbocycles. The minimum Gasteiger partial charge on any atom is -0.268 e. The van der Waals surface area contributed by atoms with E-state index in [4.69, 9.17) is 5.26 Å². The highest BCUT2D eigenvalue weighted by atomic mass is 32.2. The summed E-state index contributed by atoms with van der Waals surface area (Å²) in [6.45, 7) is 0. The molecule has 0 saturated carbocycles. The Morgan fingerprint density at radius 2 is 1.64 bits per heavy atom. The lowest BCUT2D eigenvalue weighted by Crippen LogP contribution is -2.28. The molecule has 4 nitrogen and oxygen atoms in total. The van der Waals surface area contributed by atoms with Crippen LogP contribution in [0.15, 0.2) is 94.8 Å². The van der Waals surface area contributed by atoms with E-state index in [-0.39, 0.29) is 5.91 Å². The zero-order valence-electron chi connectivity index (χ0n) is 14.8. The van der Waals surface area contributed by atoms with E-state index in [1.807, 2.05) is 72.8 Å². The van der Waals surface area contributed by atoms with E-state index >= 15 is 0 Å². The highest BCUT2D eigenvalue weighted by Crippen LogP contribution is 2.37. The molecule has 1 fully saturated rings. The van der Waals surface area contributed by atoms with Crippen LogP contribution in [0.1, 0.15) is 11.1 Å². The Morgan fingerprint density at radius 1 is 0.929 bits per heavy atom. The van der Waals surface area contributed by atoms with E-state index in [0.29, 0.717) is 15.6 Å². The summed E-state index contributed by atoms with van der Waals surface area (Å²) in [5, 5.41) is 9.70. The van der Waals surface area contributed by atoms with Gasteiger partial charge in [-0.25, -0.2) is 4.99 Å². The average Bonchev–Trinajstić information content (AvgIpc) is 3.04. The molecule has 3 aromatic carbocycles. The number of amidine groups is 1. The summed E-state index contributed by atoms with van der Waals surface area (Å²) in [4.78, 5) is 20.0. The summed E-state index contributed by atoms with van der Waals surface area (Å²) in [5.74, 6) is -0.131. The molecule has 0 unspecified atom stereocenters. The Morgan fingerprint density at radius 3 is 2.36 bits per heavy atom. The van der Waals surface area contributed by atoms with Gasteiger partial charge in [-0.3, -0.25) is 9.69 Å². The van der Waals surface area contributed by atoms with Crippen molar-refractivity contribution in [3.63, 3.8) is 0 Å². The van der Waals surface area contributed by atoms with Crippen molar-refractivity contribution in [2.75, 3.05) is 4.90 Å². The third kappa shape index (κ3) is 3.73. The lowest BCUT2D eigenvalue weighted by Gasteiger charge is -2.15. The Hall–Kier alpha value is -3.62. The van der Waals surface area contributed by atoms with Crippen LogP contribution in [0.5, 0.6) is 0 Å². The van der Waals surface area contributed by atoms with Gasteiger partial charge in [0.05, 0.1) is 27.9 Å². The van der Waals surface area contributed by atoms with Gasteiger partial charge in [0.1, 0.15) is 0 Å². The number of anilines is 1. The number of nitriles is 1. The number of para-hydroxylation sites is 2. The Labute approximate surface area is 167 Å². The average molecular weight is 381 g/mol. The molecular formula is C23H15N3OS. The smallest absolute Gasteiger partial charge is 0.268 e. The topological polar surface area (TPSA) is 56.5 Å². The second kappa shape index (κ2) is 7.95. The normalized spacial score (nSPS) is 16.5. The van der Waals surface area contributed by atoms with E-state index in [1.54, 1.807) is 23.1 Å². The van der Waals surface area contributed by atoms with Crippen molar-refractivity contribution in [1.82, 2.24) is 0 Å². The van der Waals surface area contributed by atoms with Gasteiger partial charge in [-0.05, 0) is 59.8 Å². The third-order valence-electron chi connectivity index (χ3n) is 4.12. The van der Waals surface area contributed by atoms with Crippen molar-refractivity contribution < 1.29 is 4.79 Å². The van der Waals surface area contributed by atoms with Crippen molar-refractivity contribution in [1.29, 1.82) is 5.26 Å². The maximum atomic E-state index is 13.2. The monoisotopic (exact) mass is 381 g/mol. The molecule has 0 bridgehead atoms. The first-order valence-electron chi connectivity index (χ1n) is 8.67. The SMILES string of the molecule is N#Cc1cccc(/C=C2\S/C(=N\c3ccccc3)N(c3ccccc3)C2=O)c1. The molecule has 0 N–H and O–H groups in total. The number of nitrogens with zero attached hydrogens (tertiary/aromatic N) is 3. The van der Waals surface area contributed by atoms with Crippen LogP contribution in [-0.4, -0.2) is 11.1 Å². The number of aliphatic imine (C=N–C) groups is 1. The van der Waals surface area contributed by atoms with Crippen LogP contribution in [0.4, 0.5) is 11.4 Å². The van der Waals surface area contributed by atoms with Gasteiger partial charge in [0.15, 0.2) is 5.17 Å². The van der Waals surface area contributed by atoms with E-state index in [2.05, 4.69) is 11.1 Å². The lowest BCUT2D eigenvalue weighted by atomic mass is 10.1. The van der Waals surface area contributed by atoms with Crippen molar-refractivity contribution in [3.05, 3.63) is 101 Å². The molecule has 4 rings (SSSR count). The first-order chi connectivity index (χ1) is 13.7. The molecule has 1 amide bonds. The molecular weight excluding hydrogens is 366 g/mol. The van der Waals surface area contributed by atoms with Crippen LogP contribution in [0.25, 0.3) is 6.08 Å². The van der Waals surface area contributed by atoms with Crippen LogP contribution in [0.2, 0.25) is 0 Å². The molecule has 5 heteroatoms. The predicted octanol–water partition coefficient (Wildman–Crippen LogP) is 5.37. The van der Waals surface area contributed by atoms with Crippen LogP contribution in [0, 0.1) is 11.3 Å². The largest absolute Gasteiger partial charge is 0.271 e. The van der Waals surface area contributed by atoms with Gasteiger partial charge >= 0.3 is 0 Å². The standard InChI is InChI=1S/C23H15N3OS/c24-16-18-9-7-8-17(14-18)15-21-22(27)26(20-12-5-2-6-13-20)23(28-21)25-19-10-3-1-4-11-19/h1-15H/b21-15-,25-23-.